The van der Waals surface area contributed by atoms with Crippen LogP contribution >= 0.6 is 11.6 Å². The van der Waals surface area contributed by atoms with E-state index in [0.717, 1.165) is 29.6 Å². The average molecular weight is 270 g/mol. The molecule has 0 aliphatic carbocycles. The third-order valence-corrected chi connectivity index (χ3v) is 2.53. The number of aliphatic imine (C=N–C) groups is 1. The molecular weight excluding hydrogens is 250 g/mol. The van der Waals surface area contributed by atoms with Crippen molar-refractivity contribution in [3.63, 3.8) is 0 Å². The summed E-state index contributed by atoms with van der Waals surface area (Å²) in [6.07, 6.45) is 0. The minimum absolute atomic E-state index is 0.624. The molecule has 0 atom stereocenters. The first-order valence-corrected chi connectivity index (χ1v) is 6.39. The fourth-order valence-electron chi connectivity index (χ4n) is 1.37. The lowest BCUT2D eigenvalue weighted by atomic mass is 10.2. The van der Waals surface area contributed by atoms with Crippen LogP contribution in [0.25, 0.3) is 0 Å². The quantitative estimate of drug-likeness (QED) is 0.472. The third kappa shape index (κ3) is 5.89. The molecule has 0 radical (unpaired) electrons. The Morgan fingerprint density at radius 3 is 2.61 bits per heavy atom. The number of nitrogens with one attached hydrogen (secondary N) is 2. The topological polar surface area (TPSA) is 45.7 Å². The Balaban J connectivity index is 2.50. The minimum Gasteiger partial charge on any atom is -0.383 e. The van der Waals surface area contributed by atoms with Crippen LogP contribution in [-0.4, -0.2) is 32.8 Å². The van der Waals surface area contributed by atoms with Gasteiger partial charge in [0.1, 0.15) is 0 Å². The van der Waals surface area contributed by atoms with E-state index in [0.29, 0.717) is 13.2 Å². The van der Waals surface area contributed by atoms with Crippen molar-refractivity contribution in [1.82, 2.24) is 10.6 Å². The average Bonchev–Trinajstić information content (AvgIpc) is 2.38. The van der Waals surface area contributed by atoms with Crippen LogP contribution in [0.15, 0.2) is 29.3 Å². The standard InChI is InChI=1S/C13H20ClN3O/c1-3-15-13(16-8-9-18-2)17-10-11-4-6-12(14)7-5-11/h4-7H,3,8-10H2,1-2H3,(H2,15,16,17). The van der Waals surface area contributed by atoms with Gasteiger partial charge in [-0.2, -0.15) is 0 Å². The summed E-state index contributed by atoms with van der Waals surface area (Å²) < 4.78 is 4.99. The van der Waals surface area contributed by atoms with Gasteiger partial charge in [-0.25, -0.2) is 4.99 Å². The fourth-order valence-corrected chi connectivity index (χ4v) is 1.50. The molecule has 0 amide bonds. The van der Waals surface area contributed by atoms with Gasteiger partial charge in [-0.05, 0) is 24.6 Å². The predicted octanol–water partition coefficient (Wildman–Crippen LogP) is 2.04. The zero-order valence-electron chi connectivity index (χ0n) is 10.9. The molecule has 0 aliphatic rings. The zero-order valence-corrected chi connectivity index (χ0v) is 11.6. The summed E-state index contributed by atoms with van der Waals surface area (Å²) in [5.41, 5.74) is 1.13. The summed E-state index contributed by atoms with van der Waals surface area (Å²) in [5.74, 6) is 0.796. The van der Waals surface area contributed by atoms with Gasteiger partial charge in [0.2, 0.25) is 0 Å². The molecular formula is C13H20ClN3O. The molecule has 0 aliphatic heterocycles. The van der Waals surface area contributed by atoms with Crippen molar-refractivity contribution in [2.45, 2.75) is 13.5 Å². The normalized spacial score (nSPS) is 11.4. The molecule has 18 heavy (non-hydrogen) atoms. The van der Waals surface area contributed by atoms with Crippen LogP contribution in [0.2, 0.25) is 5.02 Å². The van der Waals surface area contributed by atoms with E-state index >= 15 is 0 Å². The van der Waals surface area contributed by atoms with Crippen molar-refractivity contribution in [3.8, 4) is 0 Å². The van der Waals surface area contributed by atoms with Gasteiger partial charge in [-0.15, -0.1) is 0 Å². The zero-order chi connectivity index (χ0) is 13.2. The summed E-state index contributed by atoms with van der Waals surface area (Å²) in [7, 11) is 1.68. The van der Waals surface area contributed by atoms with Crippen molar-refractivity contribution in [2.24, 2.45) is 4.99 Å². The Bertz CT molecular complexity index is 365. The van der Waals surface area contributed by atoms with Crippen LogP contribution < -0.4 is 10.6 Å². The van der Waals surface area contributed by atoms with E-state index in [-0.39, 0.29) is 0 Å². The Morgan fingerprint density at radius 1 is 1.28 bits per heavy atom. The van der Waals surface area contributed by atoms with E-state index < -0.39 is 0 Å². The molecule has 5 heteroatoms. The van der Waals surface area contributed by atoms with E-state index in [9.17, 15) is 0 Å². The molecule has 1 aromatic rings. The van der Waals surface area contributed by atoms with E-state index in [1.807, 2.05) is 31.2 Å². The minimum atomic E-state index is 0.624. The Hall–Kier alpha value is -1.26. The van der Waals surface area contributed by atoms with Gasteiger partial charge in [-0.1, -0.05) is 23.7 Å². The lowest BCUT2D eigenvalue weighted by Crippen LogP contribution is -2.38. The summed E-state index contributed by atoms with van der Waals surface area (Å²) in [6, 6.07) is 7.70. The van der Waals surface area contributed by atoms with Crippen molar-refractivity contribution in [1.29, 1.82) is 0 Å². The van der Waals surface area contributed by atoms with Gasteiger partial charge < -0.3 is 15.4 Å². The highest BCUT2D eigenvalue weighted by Gasteiger charge is 1.97. The smallest absolute Gasteiger partial charge is 0.191 e. The number of guanidine groups is 1. The van der Waals surface area contributed by atoms with Gasteiger partial charge in [0.05, 0.1) is 13.2 Å². The maximum absolute atomic E-state index is 5.83. The van der Waals surface area contributed by atoms with Crippen molar-refractivity contribution in [2.75, 3.05) is 26.8 Å². The maximum atomic E-state index is 5.83. The third-order valence-electron chi connectivity index (χ3n) is 2.28. The highest BCUT2D eigenvalue weighted by molar-refractivity contribution is 6.30. The number of ether oxygens (including phenoxy) is 1. The second-order valence-corrected chi connectivity index (χ2v) is 4.18. The highest BCUT2D eigenvalue weighted by Crippen LogP contribution is 2.09. The van der Waals surface area contributed by atoms with E-state index in [4.69, 9.17) is 16.3 Å². The number of nitrogens with zero attached hydrogens (tertiary/aromatic N) is 1. The van der Waals surface area contributed by atoms with Gasteiger partial charge in [0, 0.05) is 25.2 Å². The molecule has 2 N–H and O–H groups in total. The van der Waals surface area contributed by atoms with Gasteiger partial charge >= 0.3 is 0 Å². The van der Waals surface area contributed by atoms with Crippen LogP contribution in [0.1, 0.15) is 12.5 Å². The molecule has 0 saturated heterocycles. The summed E-state index contributed by atoms with van der Waals surface area (Å²) >= 11 is 5.83. The van der Waals surface area contributed by atoms with Crippen LogP contribution in [0.3, 0.4) is 0 Å². The lowest BCUT2D eigenvalue weighted by Gasteiger charge is -2.10. The largest absolute Gasteiger partial charge is 0.383 e. The first-order chi connectivity index (χ1) is 8.76. The van der Waals surface area contributed by atoms with Crippen molar-refractivity contribution < 1.29 is 4.74 Å². The Kier molecular flexibility index (Phi) is 7.22. The van der Waals surface area contributed by atoms with Crippen molar-refractivity contribution in [3.05, 3.63) is 34.9 Å². The summed E-state index contributed by atoms with van der Waals surface area (Å²) in [5, 5.41) is 7.11. The van der Waals surface area contributed by atoms with Crippen LogP contribution in [-0.2, 0) is 11.3 Å². The molecule has 0 heterocycles. The Labute approximate surface area is 113 Å². The SMILES string of the molecule is CCNC(=NCc1ccc(Cl)cc1)NCCOC. The lowest BCUT2D eigenvalue weighted by molar-refractivity contribution is 0.203. The molecule has 0 unspecified atom stereocenters. The summed E-state index contributed by atoms with van der Waals surface area (Å²) in [4.78, 5) is 4.48. The summed E-state index contributed by atoms with van der Waals surface area (Å²) in [6.45, 7) is 4.89. The second kappa shape index (κ2) is 8.78. The molecule has 1 rings (SSSR count). The molecule has 1 aromatic carbocycles. The molecule has 4 nitrogen and oxygen atoms in total. The number of halogens is 1. The van der Waals surface area contributed by atoms with Gasteiger partial charge in [0.15, 0.2) is 5.96 Å². The molecule has 0 saturated carbocycles. The van der Waals surface area contributed by atoms with E-state index in [2.05, 4.69) is 15.6 Å². The highest BCUT2D eigenvalue weighted by atomic mass is 35.5. The Morgan fingerprint density at radius 2 is 2.00 bits per heavy atom. The number of hydrogen-bond acceptors (Lipinski definition) is 2. The fraction of sp³-hybridized carbons (Fsp3) is 0.462. The van der Waals surface area contributed by atoms with Gasteiger partial charge in [-0.3, -0.25) is 0 Å². The molecule has 0 aromatic heterocycles. The first kappa shape index (κ1) is 14.8. The molecule has 100 valence electrons. The number of methoxy groups -OCH3 is 1. The second-order valence-electron chi connectivity index (χ2n) is 3.74. The monoisotopic (exact) mass is 269 g/mol. The van der Waals surface area contributed by atoms with E-state index in [1.165, 1.54) is 0 Å². The van der Waals surface area contributed by atoms with Crippen LogP contribution in [0.5, 0.6) is 0 Å². The van der Waals surface area contributed by atoms with Crippen LogP contribution in [0, 0.1) is 0 Å². The predicted molar refractivity (Wildman–Crippen MR) is 76.1 cm³/mol. The van der Waals surface area contributed by atoms with Crippen LogP contribution in [0.4, 0.5) is 0 Å². The van der Waals surface area contributed by atoms with E-state index in [1.54, 1.807) is 7.11 Å². The van der Waals surface area contributed by atoms with Gasteiger partial charge in [0.25, 0.3) is 0 Å². The maximum Gasteiger partial charge on any atom is 0.191 e. The molecule has 0 fully saturated rings. The number of hydrogen-bond donors (Lipinski definition) is 2. The number of benzene rings is 1. The first-order valence-electron chi connectivity index (χ1n) is 6.01. The molecule has 0 bridgehead atoms. The molecule has 0 spiro atoms. The van der Waals surface area contributed by atoms with Crippen molar-refractivity contribution >= 4 is 17.6 Å². The number of rotatable bonds is 6.